The summed E-state index contributed by atoms with van der Waals surface area (Å²) in [5.41, 5.74) is 10.2. The fourth-order valence-corrected chi connectivity index (χ4v) is 4.98. The van der Waals surface area contributed by atoms with Crippen molar-refractivity contribution in [1.29, 1.82) is 0 Å². The van der Waals surface area contributed by atoms with Gasteiger partial charge in [0.05, 0.1) is 25.6 Å². The van der Waals surface area contributed by atoms with Gasteiger partial charge in [-0.1, -0.05) is 0 Å². The molecule has 0 aliphatic carbocycles. The molecule has 9 N–H and O–H groups in total. The number of amides is 2. The molecule has 0 spiro atoms. The highest BCUT2D eigenvalue weighted by Gasteiger charge is 2.43. The van der Waals surface area contributed by atoms with Gasteiger partial charge in [0.15, 0.2) is 17.1 Å². The van der Waals surface area contributed by atoms with E-state index in [0.717, 1.165) is 0 Å². The lowest BCUT2D eigenvalue weighted by atomic mass is 10.2. The molecule has 0 bridgehead atoms. The van der Waals surface area contributed by atoms with Crippen molar-refractivity contribution in [2.24, 2.45) is 16.5 Å². The second kappa shape index (κ2) is 10.8. The number of hydrogen-bond acceptors (Lipinski definition) is 11. The monoisotopic (exact) mass is 546 g/mol. The van der Waals surface area contributed by atoms with Crippen molar-refractivity contribution >= 4 is 31.0 Å². The molecule has 1 unspecified atom stereocenters. The number of hydrogen-bond donors (Lipinski definition) is 7. The van der Waals surface area contributed by atoms with E-state index in [1.165, 1.54) is 10.9 Å². The number of carbonyl (C=O) groups is 1. The number of carbonyl (C=O) groups excluding carboxylic acids is 1. The Morgan fingerprint density at radius 1 is 1.38 bits per heavy atom. The maximum absolute atomic E-state index is 12.6. The number of nitrogens with one attached hydrogen (secondary N) is 2. The second-order valence-electron chi connectivity index (χ2n) is 8.38. The van der Waals surface area contributed by atoms with Crippen LogP contribution in [0.5, 0.6) is 0 Å². The molecule has 4 rings (SSSR count). The average Bonchev–Trinajstić information content (AvgIpc) is 3.48. The lowest BCUT2D eigenvalue weighted by molar-refractivity contribution is -0.0515. The van der Waals surface area contributed by atoms with E-state index in [9.17, 15) is 29.3 Å². The maximum atomic E-state index is 12.6. The number of aromatic amines is 1. The molecule has 2 aromatic heterocycles. The minimum atomic E-state index is -4.73. The summed E-state index contributed by atoms with van der Waals surface area (Å²) in [6, 6.07) is -0.909. The Bertz CT molecular complexity index is 1280. The van der Waals surface area contributed by atoms with Crippen LogP contribution in [0.3, 0.4) is 0 Å². The van der Waals surface area contributed by atoms with Crippen LogP contribution in [-0.4, -0.2) is 90.5 Å². The van der Waals surface area contributed by atoms with Gasteiger partial charge >= 0.3 is 13.9 Å². The molecule has 2 saturated heterocycles. The standard InChI is InChI=1S/C18H27N8O10P/c1-7-22-15-14(16(29)23-7)21-6-26(15)13-2-8(28)11(35-13)5-33-37(31,32)36-9-3-12(34-10(9)4-27)24-18(30)25-17(19)20/h6,8-13,27-28H,2-5H2,1H3,(H,31,32)(H,22,23,29)(H5,19,20,24,25,30)/t8-,9-,10-,11-,12-,13-/m1/s1. The highest BCUT2D eigenvalue weighted by molar-refractivity contribution is 7.47. The fourth-order valence-electron chi connectivity index (χ4n) is 4.02. The first-order valence-electron chi connectivity index (χ1n) is 11.0. The number of phosphoric ester groups is 1. The number of aromatic nitrogens is 4. The van der Waals surface area contributed by atoms with Crippen LogP contribution in [-0.2, 0) is 23.1 Å². The predicted octanol–water partition coefficient (Wildman–Crippen LogP) is -2.33. The smallest absolute Gasteiger partial charge is 0.394 e. The molecule has 2 amide bonds. The van der Waals surface area contributed by atoms with Gasteiger partial charge in [0.1, 0.15) is 36.6 Å². The predicted molar refractivity (Wildman–Crippen MR) is 123 cm³/mol. The third-order valence-electron chi connectivity index (χ3n) is 5.63. The minimum absolute atomic E-state index is 0.0732. The molecular formula is C18H27N8O10P. The summed E-state index contributed by atoms with van der Waals surface area (Å²) in [7, 11) is -4.73. The van der Waals surface area contributed by atoms with E-state index in [0.29, 0.717) is 5.82 Å². The number of nitrogens with two attached hydrogens (primary N) is 2. The molecular weight excluding hydrogens is 519 g/mol. The van der Waals surface area contributed by atoms with Crippen LogP contribution in [0.1, 0.15) is 24.9 Å². The molecule has 37 heavy (non-hydrogen) atoms. The van der Waals surface area contributed by atoms with E-state index >= 15 is 0 Å². The molecule has 0 aromatic carbocycles. The van der Waals surface area contributed by atoms with E-state index in [4.69, 9.17) is 30.0 Å². The van der Waals surface area contributed by atoms with Gasteiger partial charge in [-0.25, -0.2) is 19.3 Å². The number of aliphatic hydroxyl groups is 2. The Morgan fingerprint density at radius 3 is 2.84 bits per heavy atom. The molecule has 0 radical (unpaired) electrons. The first-order valence-corrected chi connectivity index (χ1v) is 12.5. The number of rotatable bonds is 8. The van der Waals surface area contributed by atoms with Crippen LogP contribution in [0, 0.1) is 6.92 Å². The molecule has 4 heterocycles. The Hall–Kier alpha value is -2.96. The molecule has 204 valence electrons. The number of aryl methyl sites for hydroxylation is 1. The summed E-state index contributed by atoms with van der Waals surface area (Å²) in [5, 5.41) is 22.2. The van der Waals surface area contributed by atoms with Crippen molar-refractivity contribution in [2.75, 3.05) is 13.2 Å². The molecule has 0 saturated carbocycles. The van der Waals surface area contributed by atoms with Gasteiger partial charge < -0.3 is 46.3 Å². The molecule has 2 fully saturated rings. The van der Waals surface area contributed by atoms with Gasteiger partial charge in [-0.2, -0.15) is 4.99 Å². The van der Waals surface area contributed by atoms with Gasteiger partial charge in [0.2, 0.25) is 0 Å². The van der Waals surface area contributed by atoms with E-state index in [-0.39, 0.29) is 24.0 Å². The second-order valence-corrected chi connectivity index (χ2v) is 9.79. The third-order valence-corrected chi connectivity index (χ3v) is 6.64. The number of ether oxygens (including phenoxy) is 2. The quantitative estimate of drug-likeness (QED) is 0.104. The number of guanidine groups is 1. The summed E-state index contributed by atoms with van der Waals surface area (Å²) in [5.74, 6) is -0.110. The van der Waals surface area contributed by atoms with Crippen LogP contribution >= 0.6 is 7.82 Å². The normalized spacial score (nSPS) is 29.3. The van der Waals surface area contributed by atoms with Gasteiger partial charge in [0, 0.05) is 12.8 Å². The number of nitrogens with zero attached hydrogens (tertiary/aromatic N) is 4. The molecule has 19 heteroatoms. The lowest BCUT2D eigenvalue weighted by Crippen LogP contribution is -2.35. The molecule has 2 aliphatic heterocycles. The van der Waals surface area contributed by atoms with Crippen molar-refractivity contribution in [1.82, 2.24) is 24.8 Å². The number of fused-ring (bicyclic) bond motifs is 1. The molecule has 2 aromatic rings. The number of imidazole rings is 1. The van der Waals surface area contributed by atoms with Crippen LogP contribution < -0.4 is 22.3 Å². The van der Waals surface area contributed by atoms with E-state index < -0.39 is 75.5 Å². The van der Waals surface area contributed by atoms with Gasteiger partial charge in [-0.15, -0.1) is 0 Å². The molecule has 18 nitrogen and oxygen atoms in total. The summed E-state index contributed by atoms with van der Waals surface area (Å²) >= 11 is 0. The van der Waals surface area contributed by atoms with E-state index in [2.05, 4.69) is 25.3 Å². The number of H-pyrrole nitrogens is 1. The fraction of sp³-hybridized carbons (Fsp3) is 0.611. The number of urea groups is 1. The topological polar surface area (TPSA) is 272 Å². The average molecular weight is 546 g/mol. The Labute approximate surface area is 208 Å². The summed E-state index contributed by atoms with van der Waals surface area (Å²) in [6.07, 6.45) is -4.75. The van der Waals surface area contributed by atoms with E-state index in [1.54, 1.807) is 6.92 Å². The van der Waals surface area contributed by atoms with Crippen molar-refractivity contribution < 1.29 is 43.0 Å². The zero-order chi connectivity index (χ0) is 26.9. The zero-order valence-corrected chi connectivity index (χ0v) is 20.4. The van der Waals surface area contributed by atoms with Crippen molar-refractivity contribution in [3.8, 4) is 0 Å². The van der Waals surface area contributed by atoms with Crippen LogP contribution in [0.2, 0.25) is 0 Å². The van der Waals surface area contributed by atoms with Crippen molar-refractivity contribution in [3.63, 3.8) is 0 Å². The summed E-state index contributed by atoms with van der Waals surface area (Å²) in [6.45, 7) is 0.503. The Kier molecular flexibility index (Phi) is 7.91. The summed E-state index contributed by atoms with van der Waals surface area (Å²) < 4.78 is 35.4. The highest BCUT2D eigenvalue weighted by Crippen LogP contribution is 2.48. The van der Waals surface area contributed by atoms with Crippen LogP contribution in [0.4, 0.5) is 4.79 Å². The Morgan fingerprint density at radius 2 is 2.14 bits per heavy atom. The first-order chi connectivity index (χ1) is 17.5. The van der Waals surface area contributed by atoms with Crippen molar-refractivity contribution in [3.05, 3.63) is 22.5 Å². The van der Waals surface area contributed by atoms with Gasteiger partial charge in [-0.05, 0) is 6.92 Å². The van der Waals surface area contributed by atoms with Gasteiger partial charge in [0.25, 0.3) is 5.56 Å². The van der Waals surface area contributed by atoms with E-state index in [1.807, 2.05) is 0 Å². The number of aliphatic imine (C=N–C) groups is 1. The zero-order valence-electron chi connectivity index (χ0n) is 19.5. The van der Waals surface area contributed by atoms with Crippen LogP contribution in [0.15, 0.2) is 16.1 Å². The SMILES string of the molecule is Cc1nc2c(ncn2[C@H]2C[C@@H](O)[C@@H](COP(=O)(O)O[C@@H]3C[C@H](NC(=O)N=C(N)N)O[C@@H]3CO)O2)c(=O)[nH]1. The minimum Gasteiger partial charge on any atom is -0.394 e. The van der Waals surface area contributed by atoms with Crippen LogP contribution in [0.25, 0.3) is 11.2 Å². The largest absolute Gasteiger partial charge is 0.472 e. The highest BCUT2D eigenvalue weighted by atomic mass is 31.2. The maximum Gasteiger partial charge on any atom is 0.472 e. The van der Waals surface area contributed by atoms with Gasteiger partial charge in [-0.3, -0.25) is 18.4 Å². The summed E-state index contributed by atoms with van der Waals surface area (Å²) in [4.78, 5) is 48.0. The van der Waals surface area contributed by atoms with Crippen molar-refractivity contribution in [2.45, 2.75) is 56.6 Å². The number of aliphatic hydroxyl groups excluding tert-OH is 2. The Balaban J connectivity index is 1.34. The third kappa shape index (κ3) is 6.31. The number of phosphoric acid groups is 1. The first kappa shape index (κ1) is 27.1. The lowest BCUT2D eigenvalue weighted by Gasteiger charge is -2.21. The molecule has 7 atom stereocenters. The molecule has 2 aliphatic rings.